The minimum absolute atomic E-state index is 0.0735. The van der Waals surface area contributed by atoms with Gasteiger partial charge in [0.2, 0.25) is 0 Å². The molecule has 0 aliphatic heterocycles. The maximum atomic E-state index is 11.3. The highest BCUT2D eigenvalue weighted by Crippen LogP contribution is 1.95. The average Bonchev–Trinajstić information content (AvgIpc) is 2.10. The normalized spacial score (nSPS) is 21.8. The zero-order valence-electron chi connectivity index (χ0n) is 10.0. The zero-order valence-corrected chi connectivity index (χ0v) is 10.0. The molecule has 0 aromatic heterocycles. The lowest BCUT2D eigenvalue weighted by molar-refractivity contribution is -0.885. The van der Waals surface area contributed by atoms with Crippen LogP contribution in [0.1, 0.15) is 19.8 Å². The molecule has 0 saturated heterocycles. The minimum Gasteiger partial charge on any atom is -0.634 e. The fourth-order valence-electron chi connectivity index (χ4n) is 1.46. The molecule has 0 heterocycles. The van der Waals surface area contributed by atoms with Crippen LogP contribution in [-0.2, 0) is 0 Å². The summed E-state index contributed by atoms with van der Waals surface area (Å²) in [7, 11) is 4.58. The highest BCUT2D eigenvalue weighted by atomic mass is 16.5. The highest BCUT2D eigenvalue weighted by Gasteiger charge is 2.19. The van der Waals surface area contributed by atoms with E-state index in [0.29, 0.717) is 19.4 Å². The van der Waals surface area contributed by atoms with Crippen LogP contribution in [0.15, 0.2) is 0 Å². The predicted octanol–water partition coefficient (Wildman–Crippen LogP) is -3.44. The Kier molecular flexibility index (Phi) is 6.99. The summed E-state index contributed by atoms with van der Waals surface area (Å²) in [6.45, 7) is 2.25. The van der Waals surface area contributed by atoms with Crippen molar-refractivity contribution in [2.75, 3.05) is 27.7 Å². The van der Waals surface area contributed by atoms with Gasteiger partial charge in [-0.3, -0.25) is 0 Å². The standard InChI is InChI=1S/C9H23N3O3/c1-8(11(3)14)7-9(12(4)15)5-6-10(2)13/h8-12H,5-7H2,1-4H3. The highest BCUT2D eigenvalue weighted by molar-refractivity contribution is 4.60. The number of quaternary nitrogens is 3. The SMILES string of the molecule is CC(CC(CC[NH+](C)[O-])[NH+](C)[O-])[NH+](C)[O-]. The Morgan fingerprint density at radius 3 is 1.87 bits per heavy atom. The fraction of sp³-hybridized carbons (Fsp3) is 1.00. The van der Waals surface area contributed by atoms with Gasteiger partial charge in [-0.2, -0.15) is 0 Å². The summed E-state index contributed by atoms with van der Waals surface area (Å²) in [6, 6.07) is -0.237. The average molecular weight is 221 g/mol. The van der Waals surface area contributed by atoms with Crippen molar-refractivity contribution in [2.45, 2.75) is 31.8 Å². The lowest BCUT2D eigenvalue weighted by Crippen LogP contribution is -3.13. The van der Waals surface area contributed by atoms with E-state index in [1.54, 1.807) is 0 Å². The van der Waals surface area contributed by atoms with Crippen molar-refractivity contribution >= 4 is 0 Å². The van der Waals surface area contributed by atoms with E-state index in [0.717, 1.165) is 0 Å². The smallest absolute Gasteiger partial charge is 0.0981 e. The van der Waals surface area contributed by atoms with Crippen LogP contribution >= 0.6 is 0 Å². The van der Waals surface area contributed by atoms with Crippen LogP contribution in [-0.4, -0.2) is 39.8 Å². The number of hydrogen-bond acceptors (Lipinski definition) is 3. The monoisotopic (exact) mass is 221 g/mol. The molecule has 6 heteroatoms. The molecule has 0 amide bonds. The maximum absolute atomic E-state index is 11.3. The lowest BCUT2D eigenvalue weighted by Gasteiger charge is -2.33. The maximum Gasteiger partial charge on any atom is 0.0981 e. The second kappa shape index (κ2) is 7.10. The first-order valence-electron chi connectivity index (χ1n) is 5.35. The Morgan fingerprint density at radius 2 is 1.53 bits per heavy atom. The van der Waals surface area contributed by atoms with E-state index in [1.807, 2.05) is 6.92 Å². The summed E-state index contributed by atoms with van der Waals surface area (Å²) >= 11 is 0. The summed E-state index contributed by atoms with van der Waals surface area (Å²) in [6.07, 6.45) is 1.14. The molecule has 0 radical (unpaired) electrons. The quantitative estimate of drug-likeness (QED) is 0.391. The van der Waals surface area contributed by atoms with Crippen molar-refractivity contribution in [2.24, 2.45) is 0 Å². The first-order valence-corrected chi connectivity index (χ1v) is 5.35. The Hall–Kier alpha value is -0.240. The number of hydroxylamine groups is 6. The van der Waals surface area contributed by atoms with E-state index >= 15 is 0 Å². The first kappa shape index (κ1) is 14.8. The summed E-state index contributed by atoms with van der Waals surface area (Å²) in [4.78, 5) is 0. The molecule has 0 spiro atoms. The Morgan fingerprint density at radius 1 is 1.00 bits per heavy atom. The number of hydrogen-bond donors (Lipinski definition) is 3. The zero-order chi connectivity index (χ0) is 12.0. The van der Waals surface area contributed by atoms with Crippen LogP contribution in [0.2, 0.25) is 0 Å². The summed E-state index contributed by atoms with van der Waals surface area (Å²) in [5.41, 5.74) is 0. The minimum atomic E-state index is -0.146. The molecule has 5 atom stereocenters. The third kappa shape index (κ3) is 6.77. The van der Waals surface area contributed by atoms with Gasteiger partial charge in [-0.1, -0.05) is 0 Å². The van der Waals surface area contributed by atoms with Crippen LogP contribution in [0.25, 0.3) is 0 Å². The fourth-order valence-corrected chi connectivity index (χ4v) is 1.46. The van der Waals surface area contributed by atoms with Gasteiger partial charge in [-0.05, 0) is 6.92 Å². The third-order valence-electron chi connectivity index (χ3n) is 2.75. The van der Waals surface area contributed by atoms with Gasteiger partial charge in [-0.15, -0.1) is 0 Å². The summed E-state index contributed by atoms with van der Waals surface area (Å²) in [5, 5.41) is 33.4. The second-order valence-corrected chi connectivity index (χ2v) is 4.30. The Labute approximate surface area is 91.2 Å². The van der Waals surface area contributed by atoms with Gasteiger partial charge in [0.15, 0.2) is 0 Å². The van der Waals surface area contributed by atoms with Crippen molar-refractivity contribution < 1.29 is 15.2 Å². The molecular formula is C9H23N3O3. The van der Waals surface area contributed by atoms with Crippen LogP contribution in [0.3, 0.4) is 0 Å². The molecule has 0 bridgehead atoms. The van der Waals surface area contributed by atoms with Crippen LogP contribution < -0.4 is 15.2 Å². The van der Waals surface area contributed by atoms with Gasteiger partial charge < -0.3 is 30.8 Å². The van der Waals surface area contributed by atoms with Crippen molar-refractivity contribution in [1.82, 2.24) is 0 Å². The predicted molar refractivity (Wildman–Crippen MR) is 58.1 cm³/mol. The first-order chi connectivity index (χ1) is 6.84. The molecule has 0 rings (SSSR count). The van der Waals surface area contributed by atoms with E-state index < -0.39 is 0 Å². The van der Waals surface area contributed by atoms with Gasteiger partial charge in [-0.25, -0.2) is 0 Å². The van der Waals surface area contributed by atoms with Crippen molar-refractivity contribution in [3.05, 3.63) is 15.6 Å². The molecule has 5 unspecified atom stereocenters. The van der Waals surface area contributed by atoms with Gasteiger partial charge in [0.05, 0.1) is 46.2 Å². The van der Waals surface area contributed by atoms with Crippen LogP contribution in [0, 0.1) is 15.6 Å². The molecule has 6 nitrogen and oxygen atoms in total. The molecule has 0 fully saturated rings. The molecule has 0 aromatic rings. The van der Waals surface area contributed by atoms with Crippen molar-refractivity contribution in [1.29, 1.82) is 0 Å². The largest absolute Gasteiger partial charge is 0.634 e. The van der Waals surface area contributed by atoms with Crippen LogP contribution in [0.4, 0.5) is 0 Å². The van der Waals surface area contributed by atoms with E-state index in [4.69, 9.17) is 0 Å². The summed E-state index contributed by atoms with van der Waals surface area (Å²) in [5.74, 6) is 0. The van der Waals surface area contributed by atoms with Gasteiger partial charge >= 0.3 is 0 Å². The van der Waals surface area contributed by atoms with Crippen molar-refractivity contribution in [3.63, 3.8) is 0 Å². The summed E-state index contributed by atoms with van der Waals surface area (Å²) < 4.78 is 0. The molecule has 0 saturated carbocycles. The molecule has 0 aliphatic carbocycles. The van der Waals surface area contributed by atoms with Gasteiger partial charge in [0.1, 0.15) is 0 Å². The van der Waals surface area contributed by atoms with E-state index in [9.17, 15) is 15.6 Å². The van der Waals surface area contributed by atoms with E-state index in [-0.39, 0.29) is 27.3 Å². The van der Waals surface area contributed by atoms with Gasteiger partial charge in [0.25, 0.3) is 0 Å². The molecule has 0 aromatic carbocycles. The third-order valence-corrected chi connectivity index (χ3v) is 2.75. The second-order valence-electron chi connectivity index (χ2n) is 4.30. The van der Waals surface area contributed by atoms with Gasteiger partial charge in [0, 0.05) is 6.42 Å². The molecule has 0 aliphatic rings. The van der Waals surface area contributed by atoms with Crippen LogP contribution in [0.5, 0.6) is 0 Å². The number of rotatable bonds is 7. The topological polar surface area (TPSA) is 82.5 Å². The molecule has 92 valence electrons. The van der Waals surface area contributed by atoms with E-state index in [2.05, 4.69) is 0 Å². The van der Waals surface area contributed by atoms with E-state index in [1.165, 1.54) is 21.1 Å². The lowest BCUT2D eigenvalue weighted by atomic mass is 10.1. The number of nitrogens with one attached hydrogen (secondary N) is 3. The Bertz CT molecular complexity index is 165. The van der Waals surface area contributed by atoms with Crippen molar-refractivity contribution in [3.8, 4) is 0 Å². The molecule has 15 heavy (non-hydrogen) atoms. The molecule has 3 N–H and O–H groups in total. The Balaban J connectivity index is 4.04. The molecular weight excluding hydrogens is 198 g/mol.